The van der Waals surface area contributed by atoms with E-state index in [0.717, 1.165) is 11.1 Å². The number of aromatic nitrogens is 1. The first-order valence-corrected chi connectivity index (χ1v) is 16.5. The number of thiazole rings is 1. The van der Waals surface area contributed by atoms with Gasteiger partial charge in [-0.25, -0.2) is 9.79 Å². The third kappa shape index (κ3) is 6.90. The van der Waals surface area contributed by atoms with Gasteiger partial charge < -0.3 is 23.7 Å². The maximum Gasteiger partial charge on any atom is 0.338 e. The van der Waals surface area contributed by atoms with Crippen LogP contribution >= 0.6 is 27.3 Å². The van der Waals surface area contributed by atoms with E-state index in [9.17, 15) is 9.59 Å². The molecule has 46 heavy (non-hydrogen) atoms. The molecule has 0 bridgehead atoms. The number of carbonyl (C=O) groups is 1. The van der Waals surface area contributed by atoms with Crippen molar-refractivity contribution in [2.75, 3.05) is 26.9 Å². The van der Waals surface area contributed by atoms with Crippen molar-refractivity contribution < 1.29 is 28.5 Å². The number of allylic oxidation sites excluding steroid dienone is 1. The second kappa shape index (κ2) is 14.8. The normalized spacial score (nSPS) is 14.4. The lowest BCUT2D eigenvalue weighted by molar-refractivity contribution is -0.139. The summed E-state index contributed by atoms with van der Waals surface area (Å²) >= 11 is 4.86. The van der Waals surface area contributed by atoms with Crippen LogP contribution in [0.25, 0.3) is 6.08 Å². The molecule has 0 spiro atoms. The molecule has 1 aromatic heterocycles. The molecule has 3 aromatic carbocycles. The number of carbonyl (C=O) groups excluding carboxylic acids is 1. The van der Waals surface area contributed by atoms with Gasteiger partial charge in [-0.15, -0.1) is 0 Å². The first-order chi connectivity index (χ1) is 22.3. The topological polar surface area (TPSA) is 97.6 Å². The van der Waals surface area contributed by atoms with Crippen molar-refractivity contribution >= 4 is 39.3 Å². The van der Waals surface area contributed by atoms with Crippen LogP contribution < -0.4 is 33.8 Å². The van der Waals surface area contributed by atoms with E-state index in [0.29, 0.717) is 67.9 Å². The fourth-order valence-corrected chi connectivity index (χ4v) is 6.81. The summed E-state index contributed by atoms with van der Waals surface area (Å²) in [5, 5.41) is 0. The molecule has 0 aliphatic carbocycles. The van der Waals surface area contributed by atoms with E-state index in [2.05, 4.69) is 20.9 Å². The van der Waals surface area contributed by atoms with Crippen LogP contribution in [0.3, 0.4) is 0 Å². The Labute approximate surface area is 279 Å². The fourth-order valence-electron chi connectivity index (χ4n) is 5.19. The van der Waals surface area contributed by atoms with Gasteiger partial charge in [0.15, 0.2) is 27.8 Å². The molecule has 0 fully saturated rings. The number of nitrogens with zero attached hydrogens (tertiary/aromatic N) is 2. The third-order valence-corrected chi connectivity index (χ3v) is 8.75. The van der Waals surface area contributed by atoms with E-state index in [1.165, 1.54) is 11.3 Å². The highest BCUT2D eigenvalue weighted by atomic mass is 79.9. The summed E-state index contributed by atoms with van der Waals surface area (Å²) in [7, 11) is 1.57. The molecule has 1 aliphatic heterocycles. The average molecular weight is 708 g/mol. The van der Waals surface area contributed by atoms with Crippen molar-refractivity contribution in [3.8, 4) is 23.0 Å². The maximum absolute atomic E-state index is 14.2. The number of hydrogen-bond donors (Lipinski definition) is 0. The number of esters is 1. The van der Waals surface area contributed by atoms with Gasteiger partial charge in [0.2, 0.25) is 0 Å². The molecule has 4 aromatic rings. The van der Waals surface area contributed by atoms with Crippen LogP contribution in [-0.4, -0.2) is 37.5 Å². The molecule has 240 valence electrons. The van der Waals surface area contributed by atoms with E-state index < -0.39 is 12.0 Å². The number of methoxy groups -OCH3 is 1. The SMILES string of the molecule is CCOC(=O)C1=C(C)N=c2s/c(=C\c3cc(Br)c(OCc4ccccc4)c(OC)c3)c(=O)n2[C@@H]1c1ccc(OCC)c(OCC)c1. The molecule has 1 atom stereocenters. The van der Waals surface area contributed by atoms with E-state index in [1.807, 2.05) is 68.4 Å². The number of halogens is 1. The minimum absolute atomic E-state index is 0.183. The van der Waals surface area contributed by atoms with E-state index in [-0.39, 0.29) is 17.7 Å². The molecule has 0 unspecified atom stereocenters. The second-order valence-corrected chi connectivity index (χ2v) is 12.0. The van der Waals surface area contributed by atoms with Gasteiger partial charge in [-0.1, -0.05) is 47.7 Å². The zero-order valence-corrected chi connectivity index (χ0v) is 28.7. The lowest BCUT2D eigenvalue weighted by Crippen LogP contribution is -2.40. The maximum atomic E-state index is 14.2. The van der Waals surface area contributed by atoms with Crippen LogP contribution in [0.5, 0.6) is 23.0 Å². The number of benzene rings is 3. The van der Waals surface area contributed by atoms with Crippen molar-refractivity contribution in [2.24, 2.45) is 4.99 Å². The van der Waals surface area contributed by atoms with Crippen molar-refractivity contribution in [3.63, 3.8) is 0 Å². The van der Waals surface area contributed by atoms with Crippen molar-refractivity contribution in [1.82, 2.24) is 4.57 Å². The molecular formula is C35H35BrN2O7S. The first kappa shape index (κ1) is 33.0. The van der Waals surface area contributed by atoms with Crippen molar-refractivity contribution in [1.29, 1.82) is 0 Å². The zero-order chi connectivity index (χ0) is 32.8. The van der Waals surface area contributed by atoms with E-state index in [1.54, 1.807) is 37.7 Å². The number of rotatable bonds is 12. The lowest BCUT2D eigenvalue weighted by Gasteiger charge is -2.25. The summed E-state index contributed by atoms with van der Waals surface area (Å²) < 4.78 is 31.5. The molecule has 0 amide bonds. The smallest absolute Gasteiger partial charge is 0.338 e. The van der Waals surface area contributed by atoms with E-state index in [4.69, 9.17) is 23.7 Å². The Morgan fingerprint density at radius 2 is 1.70 bits per heavy atom. The monoisotopic (exact) mass is 706 g/mol. The van der Waals surface area contributed by atoms with Gasteiger partial charge in [-0.05, 0) is 90.7 Å². The summed E-state index contributed by atoms with van der Waals surface area (Å²) in [6.07, 6.45) is 1.78. The van der Waals surface area contributed by atoms with Crippen LogP contribution in [0.4, 0.5) is 0 Å². The predicted molar refractivity (Wildman–Crippen MR) is 181 cm³/mol. The highest BCUT2D eigenvalue weighted by molar-refractivity contribution is 9.10. The number of ether oxygens (including phenoxy) is 5. The Balaban J connectivity index is 1.61. The number of hydrogen-bond acceptors (Lipinski definition) is 9. The first-order valence-electron chi connectivity index (χ1n) is 14.9. The molecule has 1 aliphatic rings. The van der Waals surface area contributed by atoms with Gasteiger partial charge >= 0.3 is 5.97 Å². The number of fused-ring (bicyclic) bond motifs is 1. The molecule has 0 saturated carbocycles. The molecule has 2 heterocycles. The van der Waals surface area contributed by atoms with Crippen LogP contribution in [0.2, 0.25) is 0 Å². The van der Waals surface area contributed by atoms with Gasteiger partial charge in [0.1, 0.15) is 6.61 Å². The third-order valence-electron chi connectivity index (χ3n) is 7.18. The zero-order valence-electron chi connectivity index (χ0n) is 26.3. The summed E-state index contributed by atoms with van der Waals surface area (Å²) in [5.41, 5.74) is 2.88. The Morgan fingerprint density at radius 1 is 0.957 bits per heavy atom. The lowest BCUT2D eigenvalue weighted by atomic mass is 9.95. The summed E-state index contributed by atoms with van der Waals surface area (Å²) in [6, 6.07) is 18.2. The van der Waals surface area contributed by atoms with Crippen LogP contribution in [0.15, 0.2) is 86.2 Å². The largest absolute Gasteiger partial charge is 0.493 e. The minimum Gasteiger partial charge on any atom is -0.493 e. The van der Waals surface area contributed by atoms with Gasteiger partial charge in [0.05, 0.1) is 53.2 Å². The fraction of sp³-hybridized carbons (Fsp3) is 0.286. The van der Waals surface area contributed by atoms with Crippen molar-refractivity contribution in [2.45, 2.75) is 40.3 Å². The van der Waals surface area contributed by atoms with E-state index >= 15 is 0 Å². The summed E-state index contributed by atoms with van der Waals surface area (Å²) in [6.45, 7) is 8.70. The van der Waals surface area contributed by atoms with Crippen LogP contribution in [-0.2, 0) is 16.1 Å². The molecule has 0 saturated heterocycles. The average Bonchev–Trinajstić information content (AvgIpc) is 3.34. The predicted octanol–water partition coefficient (Wildman–Crippen LogP) is 5.95. The molecule has 0 N–H and O–H groups in total. The van der Waals surface area contributed by atoms with Gasteiger partial charge in [-0.3, -0.25) is 9.36 Å². The Kier molecular flexibility index (Phi) is 10.6. The highest BCUT2D eigenvalue weighted by Crippen LogP contribution is 2.38. The Morgan fingerprint density at radius 3 is 2.39 bits per heavy atom. The standard InChI is InChI=1S/C35H35BrN2O7S/c1-6-42-26-15-14-24(19-27(26)43-7-2)31-30(34(40)44-8-3)21(4)37-35-38(31)33(39)29(46-35)18-23-16-25(36)32(28(17-23)41-5)45-20-22-12-10-9-11-13-22/h9-19,31H,6-8,20H2,1-5H3/b29-18-/t31-/m1/s1. The summed E-state index contributed by atoms with van der Waals surface area (Å²) in [4.78, 5) is 32.6. The highest BCUT2D eigenvalue weighted by Gasteiger charge is 2.34. The van der Waals surface area contributed by atoms with Gasteiger partial charge in [0, 0.05) is 0 Å². The minimum atomic E-state index is -0.789. The Hall–Kier alpha value is -4.35. The summed E-state index contributed by atoms with van der Waals surface area (Å²) in [5.74, 6) is 1.64. The van der Waals surface area contributed by atoms with Crippen LogP contribution in [0, 0.1) is 0 Å². The quantitative estimate of drug-likeness (QED) is 0.168. The van der Waals surface area contributed by atoms with Crippen molar-refractivity contribution in [3.05, 3.63) is 113 Å². The van der Waals surface area contributed by atoms with Crippen LogP contribution in [0.1, 0.15) is 50.4 Å². The Bertz CT molecular complexity index is 1950. The molecule has 9 nitrogen and oxygen atoms in total. The van der Waals surface area contributed by atoms with Gasteiger partial charge in [-0.2, -0.15) is 0 Å². The molecule has 11 heteroatoms. The molecule has 5 rings (SSSR count). The second-order valence-electron chi connectivity index (χ2n) is 10.2. The molecular weight excluding hydrogens is 672 g/mol. The molecule has 0 radical (unpaired) electrons. The van der Waals surface area contributed by atoms with Gasteiger partial charge in [0.25, 0.3) is 5.56 Å².